The number of amides is 2. The summed E-state index contributed by atoms with van der Waals surface area (Å²) in [5, 5.41) is 6.12. The SMILES string of the molecule is C=CC(=O)OCCOC(=O)CCCCCOC(=O)CCCCCCCCC(CCCCCCCC)C(CCCCCCCC)CCCCCCCCC(=O)NCCNC(=O)CCCCCCCCC(CCCCCCCC)C(CCCCCCCC)CCCCCCCCC(=O)OCCCCCC(=O)OC. The van der Waals surface area contributed by atoms with Gasteiger partial charge in [-0.1, -0.05) is 368 Å². The maximum atomic E-state index is 12.8. The van der Waals surface area contributed by atoms with Crippen LogP contribution in [0.3, 0.4) is 0 Å². The topological polar surface area (TPSA) is 190 Å². The highest BCUT2D eigenvalue weighted by molar-refractivity contribution is 5.81. The highest BCUT2D eigenvalue weighted by Gasteiger charge is 2.23. The van der Waals surface area contributed by atoms with Gasteiger partial charge in [-0.15, -0.1) is 0 Å². The first-order chi connectivity index (χ1) is 51.9. The monoisotopic (exact) mass is 1500 g/mol. The number of nitrogens with one attached hydrogen (secondary N) is 2. The average Bonchev–Trinajstić information content (AvgIpc) is 0.939. The second-order valence-corrected chi connectivity index (χ2v) is 31.8. The molecule has 0 aromatic carbocycles. The quantitative estimate of drug-likeness (QED) is 0.0254. The first-order valence-corrected chi connectivity index (χ1v) is 45.8. The summed E-state index contributed by atoms with van der Waals surface area (Å²) >= 11 is 0. The summed E-state index contributed by atoms with van der Waals surface area (Å²) in [6.45, 7) is 14.4. The van der Waals surface area contributed by atoms with Gasteiger partial charge in [0.2, 0.25) is 11.8 Å². The van der Waals surface area contributed by atoms with Crippen molar-refractivity contribution in [3.05, 3.63) is 12.7 Å². The van der Waals surface area contributed by atoms with Crippen LogP contribution in [0.5, 0.6) is 0 Å². The Bertz CT molecular complexity index is 2000. The smallest absolute Gasteiger partial charge is 0.330 e. The van der Waals surface area contributed by atoms with Crippen molar-refractivity contribution in [1.29, 1.82) is 0 Å². The summed E-state index contributed by atoms with van der Waals surface area (Å²) in [6.07, 6.45) is 80.3. The molecule has 0 saturated carbocycles. The highest BCUT2D eigenvalue weighted by Crippen LogP contribution is 2.36. The predicted octanol–water partition coefficient (Wildman–Crippen LogP) is 25.8. The summed E-state index contributed by atoms with van der Waals surface area (Å²) in [7, 11) is 1.41. The molecule has 14 nitrogen and oxygen atoms in total. The lowest BCUT2D eigenvalue weighted by atomic mass is 9.78. The standard InChI is InChI=1S/C92H172N2O12/c1-7-12-16-20-32-46-62-82(84(64-48-34-22-18-14-9-3)68-52-38-26-30-42-56-73-90(99)103-78-60-44-58-72-89(98)102-6)66-50-36-24-28-40-54-70-86(95)93-76-77-94-87(96)71-55-41-29-25-37-51-67-83(63-47-33-21-17-13-8-2)85(65-49-35-23-19-15-10-4)69-53-39-27-31-43-57-74-91(100)104-79-61-45-59-75-92(101)106-81-80-105-88(97)11-5/h11,82-85H,5,7-10,12-81H2,1-4,6H3,(H,93,95)(H,94,96). The summed E-state index contributed by atoms with van der Waals surface area (Å²) in [5.74, 6) is 2.27. The van der Waals surface area contributed by atoms with Crippen molar-refractivity contribution in [2.75, 3.05) is 46.6 Å². The van der Waals surface area contributed by atoms with Gasteiger partial charge < -0.3 is 34.3 Å². The zero-order valence-electron chi connectivity index (χ0n) is 70.3. The minimum absolute atomic E-state index is 0.0168. The highest BCUT2D eigenvalue weighted by atomic mass is 16.6. The number of rotatable bonds is 85. The average molecular weight is 1500 g/mol. The molecule has 4 unspecified atom stereocenters. The Morgan fingerprint density at radius 3 is 0.717 bits per heavy atom. The van der Waals surface area contributed by atoms with Crippen LogP contribution in [0.25, 0.3) is 0 Å². The number of carbonyl (C=O) groups excluding carboxylic acids is 7. The van der Waals surface area contributed by atoms with Crippen LogP contribution < -0.4 is 10.6 Å². The van der Waals surface area contributed by atoms with Crippen LogP contribution in [0.15, 0.2) is 12.7 Å². The summed E-state index contributed by atoms with van der Waals surface area (Å²) in [4.78, 5) is 84.5. The third-order valence-electron chi connectivity index (χ3n) is 22.2. The lowest BCUT2D eigenvalue weighted by Crippen LogP contribution is -2.34. The molecule has 14 heteroatoms. The zero-order valence-corrected chi connectivity index (χ0v) is 70.3. The molecule has 0 fully saturated rings. The third kappa shape index (κ3) is 72.9. The minimum Gasteiger partial charge on any atom is -0.469 e. The number of hydrogen-bond acceptors (Lipinski definition) is 12. The van der Waals surface area contributed by atoms with E-state index in [0.29, 0.717) is 64.8 Å². The summed E-state index contributed by atoms with van der Waals surface area (Å²) in [5.41, 5.74) is 0. The molecule has 622 valence electrons. The van der Waals surface area contributed by atoms with Crippen molar-refractivity contribution in [2.45, 2.75) is 464 Å². The van der Waals surface area contributed by atoms with Gasteiger partial charge in [-0.05, 0) is 87.9 Å². The van der Waals surface area contributed by atoms with Crippen LogP contribution in [0.4, 0.5) is 0 Å². The van der Waals surface area contributed by atoms with Crippen LogP contribution in [0, 0.1) is 23.7 Å². The Kier molecular flexibility index (Phi) is 78.9. The second-order valence-electron chi connectivity index (χ2n) is 31.8. The Morgan fingerprint density at radius 1 is 0.255 bits per heavy atom. The van der Waals surface area contributed by atoms with E-state index in [1.54, 1.807) is 0 Å². The lowest BCUT2D eigenvalue weighted by molar-refractivity contribution is -0.149. The number of carbonyl (C=O) groups is 7. The zero-order chi connectivity index (χ0) is 77.3. The molecule has 0 radical (unpaired) electrons. The Labute approximate surface area is 653 Å². The molecule has 2 N–H and O–H groups in total. The van der Waals surface area contributed by atoms with Crippen molar-refractivity contribution in [3.63, 3.8) is 0 Å². The molecule has 4 atom stereocenters. The van der Waals surface area contributed by atoms with E-state index in [-0.39, 0.29) is 55.3 Å². The largest absolute Gasteiger partial charge is 0.469 e. The molecule has 0 heterocycles. The fraction of sp³-hybridized carbons (Fsp3) is 0.902. The Hall–Kier alpha value is -3.97. The van der Waals surface area contributed by atoms with E-state index < -0.39 is 5.97 Å². The fourth-order valence-corrected chi connectivity index (χ4v) is 15.5. The van der Waals surface area contributed by atoms with E-state index in [9.17, 15) is 33.6 Å². The van der Waals surface area contributed by atoms with Crippen LogP contribution in [0.2, 0.25) is 0 Å². The Balaban J connectivity index is 4.78. The van der Waals surface area contributed by atoms with Crippen LogP contribution in [-0.2, 0) is 57.2 Å². The summed E-state index contributed by atoms with van der Waals surface area (Å²) in [6, 6.07) is 0. The normalized spacial score (nSPS) is 12.5. The van der Waals surface area contributed by atoms with Gasteiger partial charge in [-0.3, -0.25) is 28.8 Å². The maximum absolute atomic E-state index is 12.8. The van der Waals surface area contributed by atoms with Gasteiger partial charge in [-0.2, -0.15) is 0 Å². The molecule has 0 aromatic heterocycles. The second kappa shape index (κ2) is 82.0. The molecular weight excluding hydrogens is 1330 g/mol. The van der Waals surface area contributed by atoms with Crippen molar-refractivity contribution < 1.29 is 57.2 Å². The van der Waals surface area contributed by atoms with E-state index >= 15 is 0 Å². The van der Waals surface area contributed by atoms with Crippen molar-refractivity contribution in [2.24, 2.45) is 23.7 Å². The van der Waals surface area contributed by atoms with Gasteiger partial charge in [0.1, 0.15) is 13.2 Å². The molecule has 0 spiro atoms. The van der Waals surface area contributed by atoms with Crippen LogP contribution in [-0.4, -0.2) is 88.3 Å². The third-order valence-corrected chi connectivity index (χ3v) is 22.2. The number of hydrogen-bond donors (Lipinski definition) is 2. The molecule has 2 amide bonds. The van der Waals surface area contributed by atoms with Gasteiger partial charge in [0.05, 0.1) is 20.3 Å². The Morgan fingerprint density at radius 2 is 0.462 bits per heavy atom. The van der Waals surface area contributed by atoms with Crippen molar-refractivity contribution >= 4 is 41.7 Å². The molecule has 0 bridgehead atoms. The van der Waals surface area contributed by atoms with Crippen LogP contribution in [0.1, 0.15) is 464 Å². The maximum Gasteiger partial charge on any atom is 0.330 e. The molecular formula is C92H172N2O12. The first-order valence-electron chi connectivity index (χ1n) is 45.8. The molecule has 0 rings (SSSR count). The van der Waals surface area contributed by atoms with E-state index in [1.165, 1.54) is 315 Å². The summed E-state index contributed by atoms with van der Waals surface area (Å²) < 4.78 is 25.5. The number of esters is 5. The lowest BCUT2D eigenvalue weighted by Gasteiger charge is -2.28. The minimum atomic E-state index is -0.539. The fourth-order valence-electron chi connectivity index (χ4n) is 15.5. The van der Waals surface area contributed by atoms with Crippen molar-refractivity contribution in [1.82, 2.24) is 10.6 Å². The van der Waals surface area contributed by atoms with Gasteiger partial charge in [0.15, 0.2) is 0 Å². The molecule has 0 aliphatic heterocycles. The molecule has 0 aromatic rings. The van der Waals surface area contributed by atoms with Gasteiger partial charge in [0, 0.05) is 57.7 Å². The molecule has 0 saturated heterocycles. The van der Waals surface area contributed by atoms with Crippen molar-refractivity contribution in [3.8, 4) is 0 Å². The molecule has 0 aliphatic carbocycles. The van der Waals surface area contributed by atoms with Gasteiger partial charge in [0.25, 0.3) is 0 Å². The number of ether oxygens (including phenoxy) is 5. The number of unbranched alkanes of at least 4 members (excludes halogenated alkanes) is 44. The van der Waals surface area contributed by atoms with Gasteiger partial charge >= 0.3 is 29.8 Å². The van der Waals surface area contributed by atoms with E-state index in [0.717, 1.165) is 113 Å². The number of methoxy groups -OCH3 is 1. The molecule has 106 heavy (non-hydrogen) atoms. The van der Waals surface area contributed by atoms with Gasteiger partial charge in [-0.25, -0.2) is 4.79 Å². The predicted molar refractivity (Wildman–Crippen MR) is 443 cm³/mol. The van der Waals surface area contributed by atoms with E-state index in [4.69, 9.17) is 23.7 Å². The van der Waals surface area contributed by atoms with E-state index in [1.807, 2.05) is 0 Å². The van der Waals surface area contributed by atoms with E-state index in [2.05, 4.69) is 44.9 Å². The first kappa shape index (κ1) is 102. The van der Waals surface area contributed by atoms with Crippen LogP contribution >= 0.6 is 0 Å². The molecule has 0 aliphatic rings.